The average molecular weight is 1860 g/mol. The molecular formula is C105H133Cl5N10O9. The molecule has 129 heavy (non-hydrogen) atoms. The van der Waals surface area contributed by atoms with Crippen molar-refractivity contribution in [1.82, 2.24) is 24.5 Å². The monoisotopic (exact) mass is 1850 g/mol. The Morgan fingerprint density at radius 1 is 0.364 bits per heavy atom. The van der Waals surface area contributed by atoms with Crippen LogP contribution in [0.25, 0.3) is 0 Å². The number of piperazine rings is 1. The SMILES string of the molecule is CCN(CC)CCCOc1cccc(C)c1C(=O)Nc1ccc(Cl)c(C)c1.Cc1cc(NC(=O)c2c(C)cccc2OCCC(C)C)ccc1Cl.Cc1cc(NC(=O)c2c(C)cccc2OCCN2CCCCC2)ccc1Cl.Cc1cc(NC(=O)c2c(C)cccc2OCCN2CCN(C)CC2)ccc1Cl.Cc1cc(NCc2c(C)cccc2OCCN(C)C)ccc1Cl. The topological polar surface area (TPSA) is 191 Å². The average Bonchev–Trinajstić information content (AvgIpc) is 0.840. The Kier molecular flexibility index (Phi) is 43.8. The van der Waals surface area contributed by atoms with Crippen LogP contribution in [0.3, 0.4) is 0 Å². The number of benzene rings is 10. The molecule has 2 saturated heterocycles. The number of amides is 4. The number of anilines is 5. The van der Waals surface area contributed by atoms with Crippen LogP contribution in [0.4, 0.5) is 28.4 Å². The second-order valence-electron chi connectivity index (χ2n) is 33.5. The molecule has 0 radical (unpaired) electrons. The number of carbonyl (C=O) groups excluding carboxylic acids is 4. The maximum atomic E-state index is 12.9. The Balaban J connectivity index is 0.000000200. The molecule has 10 aromatic carbocycles. The lowest BCUT2D eigenvalue weighted by Gasteiger charge is -2.32. The fraction of sp³-hybridized carbons (Fsp3) is 0.390. The van der Waals surface area contributed by atoms with Gasteiger partial charge in [0.05, 0.1) is 35.5 Å². The van der Waals surface area contributed by atoms with E-state index in [1.54, 1.807) is 42.5 Å². The molecule has 2 fully saturated rings. The van der Waals surface area contributed by atoms with Crippen molar-refractivity contribution in [2.75, 3.05) is 159 Å². The van der Waals surface area contributed by atoms with Crippen LogP contribution in [0, 0.1) is 75.2 Å². The Morgan fingerprint density at radius 3 is 1.03 bits per heavy atom. The summed E-state index contributed by atoms with van der Waals surface area (Å²) in [4.78, 5) is 63.0. The number of ether oxygens (including phenoxy) is 5. The lowest BCUT2D eigenvalue weighted by molar-refractivity contribution is 0.101. The van der Waals surface area contributed by atoms with Crippen LogP contribution in [-0.2, 0) is 6.54 Å². The van der Waals surface area contributed by atoms with Crippen LogP contribution < -0.4 is 50.3 Å². The highest BCUT2D eigenvalue weighted by Crippen LogP contribution is 2.33. The van der Waals surface area contributed by atoms with Crippen molar-refractivity contribution in [3.63, 3.8) is 0 Å². The van der Waals surface area contributed by atoms with E-state index in [2.05, 4.69) is 105 Å². The van der Waals surface area contributed by atoms with E-state index in [4.69, 9.17) is 81.7 Å². The van der Waals surface area contributed by atoms with Gasteiger partial charge in [0.2, 0.25) is 0 Å². The van der Waals surface area contributed by atoms with E-state index in [1.807, 2.05) is 204 Å². The van der Waals surface area contributed by atoms with Gasteiger partial charge in [0, 0.05) is 118 Å². The van der Waals surface area contributed by atoms with E-state index in [9.17, 15) is 19.2 Å². The van der Waals surface area contributed by atoms with E-state index in [-0.39, 0.29) is 23.6 Å². The fourth-order valence-electron chi connectivity index (χ4n) is 14.4. The molecule has 2 heterocycles. The highest BCUT2D eigenvalue weighted by Gasteiger charge is 2.23. The first-order valence-corrected chi connectivity index (χ1v) is 46.6. The zero-order chi connectivity index (χ0) is 93.6. The minimum atomic E-state index is -0.173. The predicted molar refractivity (Wildman–Crippen MR) is 538 cm³/mol. The van der Waals surface area contributed by atoms with Crippen LogP contribution in [-0.4, -0.2) is 181 Å². The Labute approximate surface area is 792 Å². The molecule has 10 aromatic rings. The molecule has 19 nitrogen and oxygen atoms in total. The van der Waals surface area contributed by atoms with Crippen molar-refractivity contribution in [2.45, 2.75) is 136 Å². The zero-order valence-electron chi connectivity index (χ0n) is 78.5. The van der Waals surface area contributed by atoms with Gasteiger partial charge in [-0.15, -0.1) is 0 Å². The molecule has 24 heteroatoms. The van der Waals surface area contributed by atoms with Gasteiger partial charge >= 0.3 is 0 Å². The maximum Gasteiger partial charge on any atom is 0.259 e. The summed E-state index contributed by atoms with van der Waals surface area (Å²) in [5, 5.41) is 18.8. The van der Waals surface area contributed by atoms with Crippen LogP contribution >= 0.6 is 58.0 Å². The third kappa shape index (κ3) is 34.4. The molecule has 2 aliphatic heterocycles. The van der Waals surface area contributed by atoms with Gasteiger partial charge in [-0.1, -0.05) is 153 Å². The number of piperidine rings is 1. The van der Waals surface area contributed by atoms with Crippen molar-refractivity contribution in [3.8, 4) is 28.7 Å². The van der Waals surface area contributed by atoms with E-state index in [0.29, 0.717) is 104 Å². The number of rotatable bonds is 34. The lowest BCUT2D eigenvalue weighted by atomic mass is 10.1. The normalized spacial score (nSPS) is 12.7. The second kappa shape index (κ2) is 54.1. The van der Waals surface area contributed by atoms with Gasteiger partial charge in [0.15, 0.2) is 0 Å². The molecule has 0 aliphatic carbocycles. The molecule has 4 amide bonds. The first-order chi connectivity index (χ1) is 61.8. The van der Waals surface area contributed by atoms with Gasteiger partial charge in [-0.05, 0) is 325 Å². The van der Waals surface area contributed by atoms with Gasteiger partial charge in [-0.2, -0.15) is 0 Å². The molecular weight excluding hydrogens is 1720 g/mol. The van der Waals surface area contributed by atoms with Crippen molar-refractivity contribution < 1.29 is 42.9 Å². The number of aryl methyl sites for hydroxylation is 10. The number of hydrogen-bond acceptors (Lipinski definition) is 15. The first kappa shape index (κ1) is 104. The number of halogens is 5. The van der Waals surface area contributed by atoms with Crippen molar-refractivity contribution >= 4 is 110 Å². The molecule has 0 spiro atoms. The first-order valence-electron chi connectivity index (χ1n) is 44.7. The zero-order valence-corrected chi connectivity index (χ0v) is 82.2. The molecule has 0 aromatic heterocycles. The number of likely N-dealkylation sites (tertiary alicyclic amines) is 1. The fourth-order valence-corrected chi connectivity index (χ4v) is 15.0. The molecule has 0 saturated carbocycles. The molecule has 0 atom stereocenters. The molecule has 2 aliphatic rings. The minimum absolute atomic E-state index is 0.164. The van der Waals surface area contributed by atoms with Gasteiger partial charge in [0.1, 0.15) is 48.6 Å². The highest BCUT2D eigenvalue weighted by atomic mass is 35.5. The quantitative estimate of drug-likeness (QED) is 0.0239. The Hall–Kier alpha value is -9.87. The van der Waals surface area contributed by atoms with Gasteiger partial charge in [-0.25, -0.2) is 0 Å². The van der Waals surface area contributed by atoms with Crippen LogP contribution in [0.2, 0.25) is 25.1 Å². The smallest absolute Gasteiger partial charge is 0.259 e. The van der Waals surface area contributed by atoms with E-state index in [1.165, 1.54) is 30.4 Å². The van der Waals surface area contributed by atoms with Gasteiger partial charge in [0.25, 0.3) is 23.6 Å². The summed E-state index contributed by atoms with van der Waals surface area (Å²) < 4.78 is 29.8. The summed E-state index contributed by atoms with van der Waals surface area (Å²) in [6.07, 6.45) is 5.72. The van der Waals surface area contributed by atoms with Crippen molar-refractivity contribution in [2.24, 2.45) is 5.92 Å². The lowest BCUT2D eigenvalue weighted by Crippen LogP contribution is -2.45. The molecule has 692 valence electrons. The van der Waals surface area contributed by atoms with Crippen molar-refractivity contribution in [1.29, 1.82) is 0 Å². The predicted octanol–water partition coefficient (Wildman–Crippen LogP) is 24.4. The molecule has 0 bridgehead atoms. The van der Waals surface area contributed by atoms with E-state index < -0.39 is 0 Å². The van der Waals surface area contributed by atoms with E-state index >= 15 is 0 Å². The van der Waals surface area contributed by atoms with Crippen LogP contribution in [0.15, 0.2) is 182 Å². The standard InChI is InChI=1S/C22H28ClN3O2.C22H27ClN2O2.C22H29ClN2O2.C20H24ClNO2.C19H25ClN2O/c1-16-5-4-6-20(28-14-13-26-11-9-25(3)10-12-26)21(16)22(27)24-18-7-8-19(23)17(2)15-18;1-16-7-6-8-20(27-14-13-25-11-4-3-5-12-25)21(16)22(26)24-18-9-10-19(23)17(2)15-18;1-5-25(6-2)13-8-14-27-20-10-7-9-16(3)21(20)22(26)24-18-11-12-19(23)17(4)15-18;1-13(2)10-11-24-18-7-5-6-14(3)19(18)20(23)22-16-8-9-17(21)15(4)12-16;1-14-6-5-7-19(23-11-10-22(3)4)17(14)13-21-16-8-9-18(20)15(2)12-16/h4-8,15H,9-14H2,1-3H3,(H,24,27);6-10,15H,3-5,11-14H2,1-2H3,(H,24,26);7,9-12,15H,5-6,8,13-14H2,1-4H3,(H,24,26);5-9,12-13H,10-11H2,1-4H3,(H,22,23);5-9,12,21H,10-11,13H2,1-4H3. The Morgan fingerprint density at radius 2 is 0.682 bits per heavy atom. The summed E-state index contributed by atoms with van der Waals surface area (Å²) in [6.45, 7) is 44.1. The number of carbonyl (C=O) groups is 4. The largest absolute Gasteiger partial charge is 0.493 e. The number of nitrogens with one attached hydrogen (secondary N) is 5. The summed E-state index contributed by atoms with van der Waals surface area (Å²) in [7, 11) is 6.24. The summed E-state index contributed by atoms with van der Waals surface area (Å²) in [5.74, 6) is 3.33. The number of likely N-dealkylation sites (N-methyl/N-ethyl adjacent to an activating group) is 2. The van der Waals surface area contributed by atoms with E-state index in [0.717, 1.165) is 187 Å². The molecule has 0 unspecified atom stereocenters. The highest BCUT2D eigenvalue weighted by molar-refractivity contribution is 6.33. The second-order valence-corrected chi connectivity index (χ2v) is 35.5. The molecule has 5 N–H and O–H groups in total. The number of nitrogens with zero attached hydrogens (tertiary/aromatic N) is 5. The summed E-state index contributed by atoms with van der Waals surface area (Å²) in [5.41, 5.74) is 17.0. The van der Waals surface area contributed by atoms with Crippen LogP contribution in [0.5, 0.6) is 28.7 Å². The third-order valence-electron chi connectivity index (χ3n) is 22.4. The van der Waals surface area contributed by atoms with Gasteiger partial charge in [-0.3, -0.25) is 29.0 Å². The van der Waals surface area contributed by atoms with Gasteiger partial charge < -0.3 is 65.0 Å². The Bertz CT molecular complexity index is 5280. The summed E-state index contributed by atoms with van der Waals surface area (Å²) in [6, 6.07) is 56.8. The van der Waals surface area contributed by atoms with Crippen molar-refractivity contribution in [3.05, 3.63) is 291 Å². The number of hydrogen-bond donors (Lipinski definition) is 5. The summed E-state index contributed by atoms with van der Waals surface area (Å²) >= 11 is 30.3. The maximum absolute atomic E-state index is 12.9. The van der Waals surface area contributed by atoms with Crippen LogP contribution in [0.1, 0.15) is 162 Å². The molecule has 12 rings (SSSR count). The third-order valence-corrected chi connectivity index (χ3v) is 24.5. The minimum Gasteiger partial charge on any atom is -0.493 e.